The van der Waals surface area contributed by atoms with Gasteiger partial charge in [0, 0.05) is 19.2 Å². The summed E-state index contributed by atoms with van der Waals surface area (Å²) in [5.41, 5.74) is 1.02. The normalized spacial score (nSPS) is 13.2. The molecule has 1 N–H and O–H groups in total. The van der Waals surface area contributed by atoms with Gasteiger partial charge in [-0.3, -0.25) is 13.9 Å². The van der Waals surface area contributed by atoms with Crippen molar-refractivity contribution >= 4 is 27.5 Å². The van der Waals surface area contributed by atoms with Crippen molar-refractivity contribution in [1.29, 1.82) is 0 Å². The van der Waals surface area contributed by atoms with Crippen molar-refractivity contribution in [3.05, 3.63) is 48.0 Å². The fraction of sp³-hybridized carbons (Fsp3) is 0.391. The Morgan fingerprint density at radius 2 is 1.79 bits per heavy atom. The van der Waals surface area contributed by atoms with E-state index in [2.05, 4.69) is 5.32 Å². The third-order valence-electron chi connectivity index (χ3n) is 5.35. The van der Waals surface area contributed by atoms with Gasteiger partial charge in [-0.15, -0.1) is 0 Å². The first-order valence-electron chi connectivity index (χ1n) is 10.7. The quantitative estimate of drug-likeness (QED) is 0.538. The van der Waals surface area contributed by atoms with E-state index in [1.165, 1.54) is 11.0 Å². The summed E-state index contributed by atoms with van der Waals surface area (Å²) in [6.07, 6.45) is 1.02. The number of hydrogen-bond donors (Lipinski definition) is 1. The molecule has 0 spiro atoms. The van der Waals surface area contributed by atoms with E-state index in [4.69, 9.17) is 14.2 Å². The van der Waals surface area contributed by atoms with Gasteiger partial charge in [-0.05, 0) is 43.7 Å². The van der Waals surface area contributed by atoms with Gasteiger partial charge in [0.2, 0.25) is 28.6 Å². The minimum absolute atomic E-state index is 0.0380. The number of fused-ring (bicyclic) bond motifs is 1. The van der Waals surface area contributed by atoms with Crippen molar-refractivity contribution in [1.82, 2.24) is 10.2 Å². The minimum Gasteiger partial charge on any atom is -0.497 e. The van der Waals surface area contributed by atoms with E-state index in [1.54, 1.807) is 57.4 Å². The number of anilines is 1. The fourth-order valence-electron chi connectivity index (χ4n) is 3.49. The Bertz CT molecular complexity index is 1140. The Hall–Kier alpha value is -3.47. The predicted octanol–water partition coefficient (Wildman–Crippen LogP) is 1.74. The summed E-state index contributed by atoms with van der Waals surface area (Å²) in [5, 5.41) is 2.71. The van der Waals surface area contributed by atoms with Gasteiger partial charge in [0.25, 0.3) is 0 Å². The highest BCUT2D eigenvalue weighted by Crippen LogP contribution is 2.36. The van der Waals surface area contributed by atoms with E-state index >= 15 is 0 Å². The smallest absolute Gasteiger partial charge is 0.244 e. The molecule has 0 saturated carbocycles. The van der Waals surface area contributed by atoms with Gasteiger partial charge in [0.1, 0.15) is 18.3 Å². The summed E-state index contributed by atoms with van der Waals surface area (Å²) in [4.78, 5) is 27.4. The fourth-order valence-corrected chi connectivity index (χ4v) is 4.33. The van der Waals surface area contributed by atoms with Crippen molar-refractivity contribution < 1.29 is 32.2 Å². The molecule has 1 heterocycles. The zero-order valence-electron chi connectivity index (χ0n) is 19.6. The third-order valence-corrected chi connectivity index (χ3v) is 6.49. The first kappa shape index (κ1) is 25.2. The lowest BCUT2D eigenvalue weighted by molar-refractivity contribution is -0.139. The zero-order valence-corrected chi connectivity index (χ0v) is 20.4. The second kappa shape index (κ2) is 10.6. The van der Waals surface area contributed by atoms with E-state index in [9.17, 15) is 18.0 Å². The first-order valence-corrected chi connectivity index (χ1v) is 12.6. The van der Waals surface area contributed by atoms with Crippen LogP contribution in [0.3, 0.4) is 0 Å². The Balaban J connectivity index is 1.89. The maximum absolute atomic E-state index is 13.4. The van der Waals surface area contributed by atoms with E-state index < -0.39 is 28.5 Å². The molecular weight excluding hydrogens is 462 g/mol. The van der Waals surface area contributed by atoms with Crippen LogP contribution in [-0.2, 0) is 26.2 Å². The highest BCUT2D eigenvalue weighted by atomic mass is 32.2. The van der Waals surface area contributed by atoms with Crippen LogP contribution in [0.25, 0.3) is 0 Å². The van der Waals surface area contributed by atoms with Crippen molar-refractivity contribution in [2.24, 2.45) is 0 Å². The monoisotopic (exact) mass is 491 g/mol. The number of sulfonamides is 1. The predicted molar refractivity (Wildman–Crippen MR) is 126 cm³/mol. The van der Waals surface area contributed by atoms with Crippen LogP contribution in [-0.4, -0.2) is 64.4 Å². The molecule has 0 aliphatic carbocycles. The lowest BCUT2D eigenvalue weighted by Crippen LogP contribution is -2.51. The van der Waals surface area contributed by atoms with Crippen LogP contribution < -0.4 is 23.8 Å². The number of hydrogen-bond acceptors (Lipinski definition) is 7. The average Bonchev–Trinajstić information content (AvgIpc) is 3.28. The Kier molecular flexibility index (Phi) is 7.87. The number of nitrogens with one attached hydrogen (secondary N) is 1. The molecule has 1 aliphatic heterocycles. The van der Waals surface area contributed by atoms with Crippen molar-refractivity contribution in [2.45, 2.75) is 26.4 Å². The SMILES string of the molecule is CCNC(=O)[C@@H](C)N(Cc1ccc(OC)cc1)C(=O)CN(c1ccc2c(c1)OCO2)S(C)(=O)=O. The molecule has 2 aromatic rings. The highest BCUT2D eigenvalue weighted by Gasteiger charge is 2.30. The molecule has 184 valence electrons. The molecule has 10 nitrogen and oxygen atoms in total. The lowest BCUT2D eigenvalue weighted by Gasteiger charge is -2.31. The summed E-state index contributed by atoms with van der Waals surface area (Å²) in [5.74, 6) is 0.680. The number of likely N-dealkylation sites (N-methyl/N-ethyl adjacent to an activating group) is 1. The number of amides is 2. The minimum atomic E-state index is -3.83. The van der Waals surface area contributed by atoms with Gasteiger partial charge in [0.05, 0.1) is 19.1 Å². The number of benzene rings is 2. The van der Waals surface area contributed by atoms with Crippen LogP contribution in [0.4, 0.5) is 5.69 Å². The second-order valence-electron chi connectivity index (χ2n) is 7.75. The van der Waals surface area contributed by atoms with Crippen LogP contribution in [0.1, 0.15) is 19.4 Å². The largest absolute Gasteiger partial charge is 0.497 e. The van der Waals surface area contributed by atoms with Crippen LogP contribution in [0, 0.1) is 0 Å². The average molecular weight is 492 g/mol. The molecule has 0 bridgehead atoms. The van der Waals surface area contributed by atoms with Gasteiger partial charge in [-0.2, -0.15) is 0 Å². The highest BCUT2D eigenvalue weighted by molar-refractivity contribution is 7.92. The zero-order chi connectivity index (χ0) is 24.9. The van der Waals surface area contributed by atoms with E-state index in [-0.39, 0.29) is 24.9 Å². The van der Waals surface area contributed by atoms with Crippen LogP contribution in [0.2, 0.25) is 0 Å². The Morgan fingerprint density at radius 1 is 1.12 bits per heavy atom. The standard InChI is InChI=1S/C23H29N3O7S/c1-5-24-23(28)16(2)25(13-17-6-9-19(31-3)10-7-17)22(27)14-26(34(4,29)30)18-8-11-20-21(12-18)33-15-32-20/h6-12,16H,5,13-15H2,1-4H3,(H,24,28)/t16-/m1/s1. The number of ether oxygens (including phenoxy) is 3. The van der Waals surface area contributed by atoms with E-state index in [0.717, 1.165) is 16.1 Å². The van der Waals surface area contributed by atoms with E-state index in [1.807, 2.05) is 0 Å². The lowest BCUT2D eigenvalue weighted by atomic mass is 10.1. The number of nitrogens with zero attached hydrogens (tertiary/aromatic N) is 2. The molecule has 11 heteroatoms. The van der Waals surface area contributed by atoms with Crippen LogP contribution >= 0.6 is 0 Å². The molecule has 2 amide bonds. The van der Waals surface area contributed by atoms with Gasteiger partial charge >= 0.3 is 0 Å². The summed E-state index contributed by atoms with van der Waals surface area (Å²) >= 11 is 0. The number of carbonyl (C=O) groups excluding carboxylic acids is 2. The van der Waals surface area contributed by atoms with Crippen molar-refractivity contribution in [2.75, 3.05) is 37.6 Å². The molecule has 34 heavy (non-hydrogen) atoms. The Morgan fingerprint density at radius 3 is 2.41 bits per heavy atom. The Labute approximate surface area is 199 Å². The van der Waals surface area contributed by atoms with Gasteiger partial charge < -0.3 is 24.4 Å². The number of methoxy groups -OCH3 is 1. The molecule has 0 saturated heterocycles. The maximum Gasteiger partial charge on any atom is 0.244 e. The first-order chi connectivity index (χ1) is 16.1. The molecule has 0 unspecified atom stereocenters. The molecule has 1 atom stereocenters. The molecule has 3 rings (SSSR count). The topological polar surface area (TPSA) is 114 Å². The van der Waals surface area contributed by atoms with Crippen molar-refractivity contribution in [3.63, 3.8) is 0 Å². The van der Waals surface area contributed by atoms with Crippen LogP contribution in [0.5, 0.6) is 17.2 Å². The molecular formula is C23H29N3O7S. The van der Waals surface area contributed by atoms with Gasteiger partial charge in [0.15, 0.2) is 11.5 Å². The van der Waals surface area contributed by atoms with Gasteiger partial charge in [-0.25, -0.2) is 8.42 Å². The molecule has 0 fully saturated rings. The van der Waals surface area contributed by atoms with Crippen molar-refractivity contribution in [3.8, 4) is 17.2 Å². The molecule has 0 radical (unpaired) electrons. The van der Waals surface area contributed by atoms with Crippen LogP contribution in [0.15, 0.2) is 42.5 Å². The maximum atomic E-state index is 13.4. The molecule has 0 aromatic heterocycles. The number of carbonyl (C=O) groups is 2. The van der Waals surface area contributed by atoms with E-state index in [0.29, 0.717) is 23.8 Å². The summed E-state index contributed by atoms with van der Waals surface area (Å²) in [6.45, 7) is 3.46. The summed E-state index contributed by atoms with van der Waals surface area (Å²) in [7, 11) is -2.28. The summed E-state index contributed by atoms with van der Waals surface area (Å²) < 4.78 is 42.0. The third kappa shape index (κ3) is 5.90. The molecule has 2 aromatic carbocycles. The van der Waals surface area contributed by atoms with Gasteiger partial charge in [-0.1, -0.05) is 12.1 Å². The molecule has 1 aliphatic rings. The second-order valence-corrected chi connectivity index (χ2v) is 9.65. The summed E-state index contributed by atoms with van der Waals surface area (Å²) in [6, 6.07) is 10.9. The number of rotatable bonds is 10.